The van der Waals surface area contributed by atoms with E-state index in [0.29, 0.717) is 12.2 Å². The molecule has 0 aliphatic rings. The van der Waals surface area contributed by atoms with Crippen molar-refractivity contribution in [3.63, 3.8) is 0 Å². The van der Waals surface area contributed by atoms with Crippen molar-refractivity contribution in [2.24, 2.45) is 0 Å². The first-order chi connectivity index (χ1) is 10.8. The van der Waals surface area contributed by atoms with E-state index in [2.05, 4.69) is 32.0 Å². The standard InChI is InChI=1S/C20H24O2/c1-3-7-16-11-12-20(17(13-16)8-4-2)22-15-19-10-6-5-9-18(19)14-21/h5-6,9-14H,3-4,7-8,15H2,1-2H3. The molecule has 2 heteroatoms. The van der Waals surface area contributed by atoms with E-state index in [1.165, 1.54) is 11.1 Å². The minimum absolute atomic E-state index is 0.429. The van der Waals surface area contributed by atoms with Gasteiger partial charge in [0.2, 0.25) is 0 Å². The fraction of sp³-hybridized carbons (Fsp3) is 0.350. The lowest BCUT2D eigenvalue weighted by molar-refractivity contribution is 0.112. The number of ether oxygens (including phenoxy) is 1. The van der Waals surface area contributed by atoms with Gasteiger partial charge < -0.3 is 4.74 Å². The van der Waals surface area contributed by atoms with Gasteiger partial charge in [0, 0.05) is 5.56 Å². The van der Waals surface area contributed by atoms with Crippen molar-refractivity contribution < 1.29 is 9.53 Å². The average molecular weight is 296 g/mol. The molecule has 2 rings (SSSR count). The van der Waals surface area contributed by atoms with Crippen molar-refractivity contribution in [1.29, 1.82) is 0 Å². The molecule has 2 nitrogen and oxygen atoms in total. The fourth-order valence-corrected chi connectivity index (χ4v) is 2.62. The van der Waals surface area contributed by atoms with E-state index in [4.69, 9.17) is 4.74 Å². The van der Waals surface area contributed by atoms with Crippen molar-refractivity contribution >= 4 is 6.29 Å². The molecule has 116 valence electrons. The zero-order chi connectivity index (χ0) is 15.8. The van der Waals surface area contributed by atoms with Crippen LogP contribution in [-0.2, 0) is 19.4 Å². The zero-order valence-corrected chi connectivity index (χ0v) is 13.5. The van der Waals surface area contributed by atoms with Gasteiger partial charge >= 0.3 is 0 Å². The Bertz CT molecular complexity index is 617. The van der Waals surface area contributed by atoms with Crippen LogP contribution in [0, 0.1) is 0 Å². The van der Waals surface area contributed by atoms with E-state index in [9.17, 15) is 4.79 Å². The maximum absolute atomic E-state index is 11.1. The number of hydrogen-bond acceptors (Lipinski definition) is 2. The first kappa shape index (κ1) is 16.3. The summed E-state index contributed by atoms with van der Waals surface area (Å²) in [5.41, 5.74) is 4.25. The van der Waals surface area contributed by atoms with Crippen molar-refractivity contribution in [2.45, 2.75) is 46.1 Å². The summed E-state index contributed by atoms with van der Waals surface area (Å²) in [6.07, 6.45) is 5.25. The summed E-state index contributed by atoms with van der Waals surface area (Å²) in [7, 11) is 0. The summed E-state index contributed by atoms with van der Waals surface area (Å²) < 4.78 is 5.99. The number of aryl methyl sites for hydroxylation is 2. The molecular weight excluding hydrogens is 272 g/mol. The van der Waals surface area contributed by atoms with E-state index >= 15 is 0 Å². The Morgan fingerprint density at radius 1 is 0.955 bits per heavy atom. The molecule has 0 bridgehead atoms. The molecule has 0 unspecified atom stereocenters. The summed E-state index contributed by atoms with van der Waals surface area (Å²) >= 11 is 0. The van der Waals surface area contributed by atoms with E-state index in [1.54, 1.807) is 0 Å². The second-order valence-corrected chi connectivity index (χ2v) is 5.55. The van der Waals surface area contributed by atoms with Gasteiger partial charge in [0.1, 0.15) is 18.6 Å². The molecule has 0 fully saturated rings. The second-order valence-electron chi connectivity index (χ2n) is 5.55. The first-order valence-electron chi connectivity index (χ1n) is 8.06. The smallest absolute Gasteiger partial charge is 0.150 e. The Balaban J connectivity index is 2.16. The van der Waals surface area contributed by atoms with Gasteiger partial charge in [-0.2, -0.15) is 0 Å². The van der Waals surface area contributed by atoms with Crippen LogP contribution >= 0.6 is 0 Å². The van der Waals surface area contributed by atoms with Gasteiger partial charge in [-0.05, 0) is 35.6 Å². The molecule has 22 heavy (non-hydrogen) atoms. The summed E-state index contributed by atoms with van der Waals surface area (Å²) in [6, 6.07) is 14.0. The summed E-state index contributed by atoms with van der Waals surface area (Å²) in [5.74, 6) is 0.933. The first-order valence-corrected chi connectivity index (χ1v) is 8.06. The highest BCUT2D eigenvalue weighted by atomic mass is 16.5. The highest BCUT2D eigenvalue weighted by Crippen LogP contribution is 2.24. The lowest BCUT2D eigenvalue weighted by atomic mass is 10.0. The van der Waals surface area contributed by atoms with Gasteiger partial charge in [-0.3, -0.25) is 4.79 Å². The van der Waals surface area contributed by atoms with Gasteiger partial charge in [0.15, 0.2) is 0 Å². The number of aldehydes is 1. The monoisotopic (exact) mass is 296 g/mol. The van der Waals surface area contributed by atoms with Gasteiger partial charge in [-0.1, -0.05) is 63.1 Å². The Morgan fingerprint density at radius 2 is 1.73 bits per heavy atom. The van der Waals surface area contributed by atoms with Gasteiger partial charge in [0.05, 0.1) is 0 Å². The molecule has 0 spiro atoms. The number of carbonyl (C=O) groups excluding carboxylic acids is 1. The topological polar surface area (TPSA) is 26.3 Å². The van der Waals surface area contributed by atoms with E-state index in [1.807, 2.05) is 24.3 Å². The predicted octanol–water partition coefficient (Wildman–Crippen LogP) is 4.98. The summed E-state index contributed by atoms with van der Waals surface area (Å²) in [6.45, 7) is 4.80. The van der Waals surface area contributed by atoms with E-state index in [0.717, 1.165) is 43.3 Å². The summed E-state index contributed by atoms with van der Waals surface area (Å²) in [5, 5.41) is 0. The van der Waals surface area contributed by atoms with Crippen LogP contribution < -0.4 is 4.74 Å². The number of hydrogen-bond donors (Lipinski definition) is 0. The number of carbonyl (C=O) groups is 1. The molecule has 0 aliphatic carbocycles. The van der Waals surface area contributed by atoms with Gasteiger partial charge in [-0.25, -0.2) is 0 Å². The van der Waals surface area contributed by atoms with Crippen LogP contribution in [-0.4, -0.2) is 6.29 Å². The highest BCUT2D eigenvalue weighted by molar-refractivity contribution is 5.77. The Labute approximate surface area is 133 Å². The summed E-state index contributed by atoms with van der Waals surface area (Å²) in [4.78, 5) is 11.1. The van der Waals surface area contributed by atoms with Crippen LogP contribution in [0.15, 0.2) is 42.5 Å². The molecule has 2 aromatic rings. The highest BCUT2D eigenvalue weighted by Gasteiger charge is 2.07. The SMILES string of the molecule is CCCc1ccc(OCc2ccccc2C=O)c(CCC)c1. The molecule has 0 atom stereocenters. The molecule has 2 aromatic carbocycles. The van der Waals surface area contributed by atoms with Crippen LogP contribution in [0.1, 0.15) is 53.7 Å². The molecule has 0 heterocycles. The Hall–Kier alpha value is -2.09. The quantitative estimate of drug-likeness (QED) is 0.642. The lowest BCUT2D eigenvalue weighted by Gasteiger charge is -2.13. The Morgan fingerprint density at radius 3 is 2.45 bits per heavy atom. The Kier molecular flexibility index (Phi) is 6.20. The zero-order valence-electron chi connectivity index (χ0n) is 13.5. The minimum atomic E-state index is 0.429. The lowest BCUT2D eigenvalue weighted by Crippen LogP contribution is -2.02. The van der Waals surface area contributed by atoms with Crippen molar-refractivity contribution in [2.75, 3.05) is 0 Å². The maximum atomic E-state index is 11.1. The van der Waals surface area contributed by atoms with Crippen molar-refractivity contribution in [3.8, 4) is 5.75 Å². The van der Waals surface area contributed by atoms with Crippen LogP contribution in [0.4, 0.5) is 0 Å². The van der Waals surface area contributed by atoms with Crippen molar-refractivity contribution in [1.82, 2.24) is 0 Å². The maximum Gasteiger partial charge on any atom is 0.150 e. The largest absolute Gasteiger partial charge is 0.489 e. The minimum Gasteiger partial charge on any atom is -0.489 e. The van der Waals surface area contributed by atoms with Crippen LogP contribution in [0.3, 0.4) is 0 Å². The fourth-order valence-electron chi connectivity index (χ4n) is 2.62. The molecule has 0 saturated heterocycles. The molecule has 0 aliphatic heterocycles. The molecule has 0 aromatic heterocycles. The van der Waals surface area contributed by atoms with Crippen molar-refractivity contribution in [3.05, 3.63) is 64.7 Å². The third kappa shape index (κ3) is 4.20. The number of benzene rings is 2. The van der Waals surface area contributed by atoms with E-state index < -0.39 is 0 Å². The molecular formula is C20H24O2. The number of rotatable bonds is 8. The van der Waals surface area contributed by atoms with Crippen LogP contribution in [0.2, 0.25) is 0 Å². The predicted molar refractivity (Wildman–Crippen MR) is 90.6 cm³/mol. The third-order valence-corrected chi connectivity index (χ3v) is 3.75. The molecule has 0 radical (unpaired) electrons. The normalized spacial score (nSPS) is 10.5. The average Bonchev–Trinajstić information content (AvgIpc) is 2.55. The third-order valence-electron chi connectivity index (χ3n) is 3.75. The van der Waals surface area contributed by atoms with Gasteiger partial charge in [0.25, 0.3) is 0 Å². The molecule has 0 amide bonds. The van der Waals surface area contributed by atoms with E-state index in [-0.39, 0.29) is 0 Å². The second kappa shape index (κ2) is 8.38. The molecule has 0 N–H and O–H groups in total. The van der Waals surface area contributed by atoms with Crippen LogP contribution in [0.5, 0.6) is 5.75 Å². The van der Waals surface area contributed by atoms with Crippen LogP contribution in [0.25, 0.3) is 0 Å². The van der Waals surface area contributed by atoms with Gasteiger partial charge in [-0.15, -0.1) is 0 Å². The molecule has 0 saturated carbocycles.